The van der Waals surface area contributed by atoms with Crippen molar-refractivity contribution >= 4 is 27.3 Å². The molecule has 0 aromatic heterocycles. The van der Waals surface area contributed by atoms with Gasteiger partial charge in [-0.25, -0.2) is 17.2 Å². The van der Waals surface area contributed by atoms with Gasteiger partial charge >= 0.3 is 0 Å². The quantitative estimate of drug-likeness (QED) is 0.822. The first-order valence-corrected chi connectivity index (χ1v) is 9.15. The van der Waals surface area contributed by atoms with Gasteiger partial charge in [0, 0.05) is 5.69 Å². The van der Waals surface area contributed by atoms with E-state index in [0.29, 0.717) is 5.69 Å². The maximum atomic E-state index is 13.5. The third kappa shape index (κ3) is 5.25. The number of amides is 1. The Kier molecular flexibility index (Phi) is 5.73. The second-order valence-corrected chi connectivity index (χ2v) is 7.50. The molecule has 0 radical (unpaired) electrons. The van der Waals surface area contributed by atoms with Crippen molar-refractivity contribution in [2.24, 2.45) is 5.92 Å². The molecular weight excluding hydrogens is 350 g/mol. The standard InChI is InChI=1S/C17H18F2N2O3S/c1-11-6-8-13(9-7-11)21-25(23,24)10-12(2)17(22)20-16-14(18)4-3-5-15(16)19/h3-9,12,21H,10H2,1-2H3,(H,20,22). The van der Waals surface area contributed by atoms with E-state index in [4.69, 9.17) is 0 Å². The van der Waals surface area contributed by atoms with Crippen molar-refractivity contribution in [2.45, 2.75) is 13.8 Å². The van der Waals surface area contributed by atoms with Crippen LogP contribution in [-0.4, -0.2) is 20.1 Å². The molecule has 5 nitrogen and oxygen atoms in total. The maximum absolute atomic E-state index is 13.5. The molecule has 0 aliphatic heterocycles. The summed E-state index contributed by atoms with van der Waals surface area (Å²) in [5.74, 6) is -4.19. The van der Waals surface area contributed by atoms with Crippen LogP contribution in [0.3, 0.4) is 0 Å². The summed E-state index contributed by atoms with van der Waals surface area (Å²) in [6.45, 7) is 3.23. The zero-order valence-corrected chi connectivity index (χ0v) is 14.5. The molecule has 0 bridgehead atoms. The fraction of sp³-hybridized carbons (Fsp3) is 0.235. The molecule has 0 saturated heterocycles. The highest BCUT2D eigenvalue weighted by Gasteiger charge is 2.23. The van der Waals surface area contributed by atoms with E-state index in [2.05, 4.69) is 10.0 Å². The van der Waals surface area contributed by atoms with Gasteiger partial charge in [-0.3, -0.25) is 9.52 Å². The molecule has 2 aromatic rings. The molecule has 0 spiro atoms. The van der Waals surface area contributed by atoms with Crippen molar-refractivity contribution in [3.8, 4) is 0 Å². The Bertz CT molecular complexity index is 848. The SMILES string of the molecule is Cc1ccc(NS(=O)(=O)CC(C)C(=O)Nc2c(F)cccc2F)cc1. The lowest BCUT2D eigenvalue weighted by atomic mass is 10.2. The molecular formula is C17H18F2N2O3S. The summed E-state index contributed by atoms with van der Waals surface area (Å²) < 4.78 is 53.7. The number of anilines is 2. The summed E-state index contributed by atoms with van der Waals surface area (Å²) in [7, 11) is -3.80. The average Bonchev–Trinajstić information content (AvgIpc) is 2.52. The summed E-state index contributed by atoms with van der Waals surface area (Å²) in [4.78, 5) is 12.1. The van der Waals surface area contributed by atoms with Crippen LogP contribution in [-0.2, 0) is 14.8 Å². The van der Waals surface area contributed by atoms with Crippen molar-refractivity contribution in [3.63, 3.8) is 0 Å². The predicted molar refractivity (Wildman–Crippen MR) is 92.7 cm³/mol. The molecule has 0 saturated carbocycles. The smallest absolute Gasteiger partial charge is 0.233 e. The number of hydrogen-bond acceptors (Lipinski definition) is 3. The van der Waals surface area contributed by atoms with Gasteiger partial charge in [-0.15, -0.1) is 0 Å². The van der Waals surface area contributed by atoms with Gasteiger partial charge in [0.2, 0.25) is 15.9 Å². The van der Waals surface area contributed by atoms with Gasteiger partial charge in [0.1, 0.15) is 17.3 Å². The lowest BCUT2D eigenvalue weighted by Crippen LogP contribution is -2.30. The van der Waals surface area contributed by atoms with Crippen molar-refractivity contribution in [1.29, 1.82) is 0 Å². The van der Waals surface area contributed by atoms with Gasteiger partial charge in [-0.05, 0) is 31.2 Å². The Morgan fingerprint density at radius 3 is 2.20 bits per heavy atom. The maximum Gasteiger partial charge on any atom is 0.233 e. The number of carbonyl (C=O) groups is 1. The molecule has 0 heterocycles. The van der Waals surface area contributed by atoms with Crippen LogP contribution in [0.25, 0.3) is 0 Å². The largest absolute Gasteiger partial charge is 0.321 e. The molecule has 8 heteroatoms. The van der Waals surface area contributed by atoms with Gasteiger partial charge < -0.3 is 5.32 Å². The molecule has 0 aliphatic rings. The first-order valence-electron chi connectivity index (χ1n) is 7.50. The second kappa shape index (κ2) is 7.60. The Labute approximate surface area is 145 Å². The molecule has 1 atom stereocenters. The van der Waals surface area contributed by atoms with Crippen molar-refractivity contribution < 1.29 is 22.0 Å². The van der Waals surface area contributed by atoms with E-state index in [-0.39, 0.29) is 0 Å². The molecule has 1 amide bonds. The predicted octanol–water partition coefficient (Wildman–Crippen LogP) is 3.29. The van der Waals surface area contributed by atoms with Crippen LogP contribution in [0.4, 0.5) is 20.2 Å². The van der Waals surface area contributed by atoms with E-state index in [1.54, 1.807) is 24.3 Å². The fourth-order valence-electron chi connectivity index (χ4n) is 2.11. The van der Waals surface area contributed by atoms with E-state index < -0.39 is 44.9 Å². The Morgan fingerprint density at radius 2 is 1.64 bits per heavy atom. The minimum atomic E-state index is -3.80. The molecule has 0 fully saturated rings. The second-order valence-electron chi connectivity index (χ2n) is 5.74. The molecule has 1 unspecified atom stereocenters. The van der Waals surface area contributed by atoms with Gasteiger partial charge in [-0.2, -0.15) is 0 Å². The molecule has 2 rings (SSSR count). The number of rotatable bonds is 6. The van der Waals surface area contributed by atoms with Crippen LogP contribution < -0.4 is 10.0 Å². The molecule has 25 heavy (non-hydrogen) atoms. The fourth-order valence-corrected chi connectivity index (χ4v) is 3.50. The minimum Gasteiger partial charge on any atom is -0.321 e. The van der Waals surface area contributed by atoms with E-state index >= 15 is 0 Å². The van der Waals surface area contributed by atoms with E-state index in [1.165, 1.54) is 13.0 Å². The number of halogens is 2. The third-order valence-electron chi connectivity index (χ3n) is 3.45. The molecule has 2 aromatic carbocycles. The monoisotopic (exact) mass is 368 g/mol. The minimum absolute atomic E-state index is 0.373. The zero-order valence-electron chi connectivity index (χ0n) is 13.7. The van der Waals surface area contributed by atoms with Crippen LogP contribution in [0.5, 0.6) is 0 Å². The van der Waals surface area contributed by atoms with E-state index in [1.807, 2.05) is 6.92 Å². The molecule has 0 aliphatic carbocycles. The normalized spacial score (nSPS) is 12.5. The zero-order chi connectivity index (χ0) is 18.6. The average molecular weight is 368 g/mol. The summed E-state index contributed by atoms with van der Waals surface area (Å²) in [6.07, 6.45) is 0. The van der Waals surface area contributed by atoms with Gasteiger partial charge in [-0.1, -0.05) is 30.7 Å². The van der Waals surface area contributed by atoms with Gasteiger partial charge in [0.25, 0.3) is 0 Å². The Hall–Kier alpha value is -2.48. The Morgan fingerprint density at radius 1 is 1.08 bits per heavy atom. The lowest BCUT2D eigenvalue weighted by molar-refractivity contribution is -0.118. The van der Waals surface area contributed by atoms with E-state index in [0.717, 1.165) is 17.7 Å². The first-order chi connectivity index (χ1) is 11.7. The number of carbonyl (C=O) groups excluding carboxylic acids is 1. The third-order valence-corrected chi connectivity index (χ3v) is 4.94. The van der Waals surface area contributed by atoms with Gasteiger partial charge in [0.15, 0.2) is 0 Å². The van der Waals surface area contributed by atoms with Crippen molar-refractivity contribution in [1.82, 2.24) is 0 Å². The van der Waals surface area contributed by atoms with Crippen LogP contribution >= 0.6 is 0 Å². The van der Waals surface area contributed by atoms with Crippen molar-refractivity contribution in [3.05, 3.63) is 59.7 Å². The molecule has 2 N–H and O–H groups in total. The summed E-state index contributed by atoms with van der Waals surface area (Å²) in [6, 6.07) is 9.86. The topological polar surface area (TPSA) is 75.3 Å². The number of sulfonamides is 1. The van der Waals surface area contributed by atoms with Crippen LogP contribution in [0.1, 0.15) is 12.5 Å². The number of nitrogens with one attached hydrogen (secondary N) is 2. The number of para-hydroxylation sites is 1. The number of aryl methyl sites for hydroxylation is 1. The highest BCUT2D eigenvalue weighted by Crippen LogP contribution is 2.19. The summed E-state index contributed by atoms with van der Waals surface area (Å²) >= 11 is 0. The van der Waals surface area contributed by atoms with Crippen LogP contribution in [0.2, 0.25) is 0 Å². The number of hydrogen-bond donors (Lipinski definition) is 2. The van der Waals surface area contributed by atoms with Crippen molar-refractivity contribution in [2.75, 3.05) is 15.8 Å². The number of benzene rings is 2. The Balaban J connectivity index is 2.03. The summed E-state index contributed by atoms with van der Waals surface area (Å²) in [5, 5.41) is 2.09. The van der Waals surface area contributed by atoms with E-state index in [9.17, 15) is 22.0 Å². The molecule has 134 valence electrons. The van der Waals surface area contributed by atoms with Crippen LogP contribution in [0.15, 0.2) is 42.5 Å². The highest BCUT2D eigenvalue weighted by atomic mass is 32.2. The lowest BCUT2D eigenvalue weighted by Gasteiger charge is -2.14. The first kappa shape index (κ1) is 18.9. The highest BCUT2D eigenvalue weighted by molar-refractivity contribution is 7.92. The van der Waals surface area contributed by atoms with Crippen LogP contribution in [0, 0.1) is 24.5 Å². The summed E-state index contributed by atoms with van der Waals surface area (Å²) in [5.41, 5.74) is 0.754. The van der Waals surface area contributed by atoms with Gasteiger partial charge in [0.05, 0.1) is 11.7 Å².